The van der Waals surface area contributed by atoms with Gasteiger partial charge >= 0.3 is 0 Å². The van der Waals surface area contributed by atoms with Crippen LogP contribution in [0.3, 0.4) is 0 Å². The maximum atomic E-state index is 12.5. The van der Waals surface area contributed by atoms with Crippen LogP contribution in [0.5, 0.6) is 0 Å². The summed E-state index contributed by atoms with van der Waals surface area (Å²) in [7, 11) is 0. The number of hydrogen-bond acceptors (Lipinski definition) is 6. The number of hydrogen-bond donors (Lipinski definition) is 1. The van der Waals surface area contributed by atoms with Crippen LogP contribution in [0.25, 0.3) is 0 Å². The second-order valence-corrected chi connectivity index (χ2v) is 7.71. The van der Waals surface area contributed by atoms with Crippen LogP contribution >= 0.6 is 11.3 Å². The molecule has 1 aromatic carbocycles. The Bertz CT molecular complexity index is 859. The average Bonchev–Trinajstić information content (AvgIpc) is 3.01. The molecule has 2 heterocycles. The molecule has 1 aliphatic heterocycles. The van der Waals surface area contributed by atoms with Gasteiger partial charge in [-0.2, -0.15) is 5.10 Å². The van der Waals surface area contributed by atoms with Gasteiger partial charge in [-0.3, -0.25) is 14.9 Å². The summed E-state index contributed by atoms with van der Waals surface area (Å²) in [6, 6.07) is 7.47. The fourth-order valence-electron chi connectivity index (χ4n) is 2.58. The molecular weight excluding hydrogens is 350 g/mol. The number of benzene rings is 1. The summed E-state index contributed by atoms with van der Waals surface area (Å²) in [4.78, 5) is 24.7. The van der Waals surface area contributed by atoms with Crippen molar-refractivity contribution in [1.29, 1.82) is 0 Å². The molecule has 1 aliphatic rings. The van der Waals surface area contributed by atoms with Gasteiger partial charge < -0.3 is 0 Å². The SMILES string of the molecule is Cc1cccc(N2N=C(C(=O)Nc3nnc(CC(C)C)s3)CCC2=O)c1. The van der Waals surface area contributed by atoms with E-state index in [9.17, 15) is 9.59 Å². The van der Waals surface area contributed by atoms with E-state index in [-0.39, 0.29) is 18.2 Å². The lowest BCUT2D eigenvalue weighted by atomic mass is 10.1. The van der Waals surface area contributed by atoms with Gasteiger partial charge in [0.15, 0.2) is 0 Å². The van der Waals surface area contributed by atoms with Crippen LogP contribution in [0.15, 0.2) is 29.4 Å². The predicted octanol–water partition coefficient (Wildman–Crippen LogP) is 3.17. The van der Waals surface area contributed by atoms with E-state index in [1.807, 2.05) is 25.1 Å². The highest BCUT2D eigenvalue weighted by atomic mass is 32.1. The molecule has 0 radical (unpaired) electrons. The van der Waals surface area contributed by atoms with Crippen molar-refractivity contribution >= 4 is 39.7 Å². The zero-order valence-corrected chi connectivity index (χ0v) is 15.8. The van der Waals surface area contributed by atoms with Crippen molar-refractivity contribution in [2.24, 2.45) is 11.0 Å². The summed E-state index contributed by atoms with van der Waals surface area (Å²) in [5.74, 6) is 0.00723. The van der Waals surface area contributed by atoms with E-state index in [4.69, 9.17) is 0 Å². The lowest BCUT2D eigenvalue weighted by Crippen LogP contribution is -2.36. The summed E-state index contributed by atoms with van der Waals surface area (Å²) in [5, 5.41) is 17.7. The van der Waals surface area contributed by atoms with Gasteiger partial charge in [-0.15, -0.1) is 10.2 Å². The predicted molar refractivity (Wildman–Crippen MR) is 102 cm³/mol. The van der Waals surface area contributed by atoms with Crippen molar-refractivity contribution in [3.05, 3.63) is 34.8 Å². The van der Waals surface area contributed by atoms with Crippen molar-refractivity contribution in [2.75, 3.05) is 10.3 Å². The minimum Gasteiger partial charge on any atom is -0.295 e. The van der Waals surface area contributed by atoms with E-state index >= 15 is 0 Å². The van der Waals surface area contributed by atoms with E-state index in [1.165, 1.54) is 16.3 Å². The molecule has 0 unspecified atom stereocenters. The molecule has 0 bridgehead atoms. The Morgan fingerprint density at radius 2 is 2.12 bits per heavy atom. The number of nitrogens with zero attached hydrogens (tertiary/aromatic N) is 4. The molecule has 7 nitrogen and oxygen atoms in total. The molecule has 3 rings (SSSR count). The quantitative estimate of drug-likeness (QED) is 0.874. The molecule has 1 N–H and O–H groups in total. The fourth-order valence-corrected chi connectivity index (χ4v) is 3.53. The molecule has 0 atom stereocenters. The minimum absolute atomic E-state index is 0.123. The number of rotatable bonds is 5. The number of aromatic nitrogens is 2. The Labute approximate surface area is 156 Å². The van der Waals surface area contributed by atoms with Gasteiger partial charge in [0.05, 0.1) is 5.69 Å². The van der Waals surface area contributed by atoms with Crippen LogP contribution in [-0.4, -0.2) is 27.7 Å². The Hall–Kier alpha value is -2.61. The largest absolute Gasteiger partial charge is 0.295 e. The van der Waals surface area contributed by atoms with Gasteiger partial charge in [0.2, 0.25) is 11.0 Å². The molecule has 0 spiro atoms. The van der Waals surface area contributed by atoms with E-state index in [0.29, 0.717) is 28.9 Å². The molecule has 2 aromatic rings. The number of anilines is 2. The van der Waals surface area contributed by atoms with Crippen LogP contribution in [0, 0.1) is 12.8 Å². The first-order chi connectivity index (χ1) is 12.4. The standard InChI is InChI=1S/C18H21N5O2S/c1-11(2)9-15-20-21-18(26-15)19-17(25)14-7-8-16(24)23(22-14)13-6-4-5-12(3)10-13/h4-6,10-11H,7-9H2,1-3H3,(H,19,21,25). The van der Waals surface area contributed by atoms with Gasteiger partial charge in [0.25, 0.3) is 5.91 Å². The third-order valence-electron chi connectivity index (χ3n) is 3.81. The number of hydrazone groups is 1. The highest BCUT2D eigenvalue weighted by Crippen LogP contribution is 2.22. The molecule has 0 saturated carbocycles. The van der Waals surface area contributed by atoms with Gasteiger partial charge in [-0.05, 0) is 30.5 Å². The van der Waals surface area contributed by atoms with E-state index in [2.05, 4.69) is 34.5 Å². The summed E-state index contributed by atoms with van der Waals surface area (Å²) in [6.45, 7) is 6.15. The number of carbonyl (C=O) groups excluding carboxylic acids is 2. The number of aryl methyl sites for hydroxylation is 1. The van der Waals surface area contributed by atoms with Crippen molar-refractivity contribution < 1.29 is 9.59 Å². The molecular formula is C18H21N5O2S. The third-order valence-corrected chi connectivity index (χ3v) is 4.67. The summed E-state index contributed by atoms with van der Waals surface area (Å²) in [5.41, 5.74) is 2.00. The van der Waals surface area contributed by atoms with Gasteiger partial charge in [0.1, 0.15) is 10.7 Å². The van der Waals surface area contributed by atoms with Crippen LogP contribution in [0.4, 0.5) is 10.8 Å². The highest BCUT2D eigenvalue weighted by Gasteiger charge is 2.26. The minimum atomic E-state index is -0.345. The summed E-state index contributed by atoms with van der Waals surface area (Å²) >= 11 is 1.36. The van der Waals surface area contributed by atoms with Crippen LogP contribution in [0.1, 0.15) is 37.3 Å². The zero-order valence-electron chi connectivity index (χ0n) is 15.0. The van der Waals surface area contributed by atoms with Crippen molar-refractivity contribution in [3.63, 3.8) is 0 Å². The lowest BCUT2D eigenvalue weighted by molar-refractivity contribution is -0.118. The molecule has 26 heavy (non-hydrogen) atoms. The van der Waals surface area contributed by atoms with Crippen molar-refractivity contribution in [2.45, 2.75) is 40.0 Å². The van der Waals surface area contributed by atoms with Crippen molar-refractivity contribution in [3.8, 4) is 0 Å². The smallest absolute Gasteiger partial charge is 0.273 e. The van der Waals surface area contributed by atoms with Gasteiger partial charge in [0, 0.05) is 19.3 Å². The topological polar surface area (TPSA) is 87.6 Å². The third kappa shape index (κ3) is 4.32. The fraction of sp³-hybridized carbons (Fsp3) is 0.389. The summed E-state index contributed by atoms with van der Waals surface area (Å²) in [6.07, 6.45) is 1.38. The van der Waals surface area contributed by atoms with Crippen molar-refractivity contribution in [1.82, 2.24) is 10.2 Å². The van der Waals surface area contributed by atoms with E-state index < -0.39 is 0 Å². The Morgan fingerprint density at radius 1 is 1.31 bits per heavy atom. The second kappa shape index (κ2) is 7.74. The van der Waals surface area contributed by atoms with Gasteiger partial charge in [-0.25, -0.2) is 5.01 Å². The maximum Gasteiger partial charge on any atom is 0.273 e. The highest BCUT2D eigenvalue weighted by molar-refractivity contribution is 7.15. The average molecular weight is 371 g/mol. The molecule has 2 amide bonds. The number of nitrogens with one attached hydrogen (secondary N) is 1. The molecule has 0 fully saturated rings. The number of carbonyl (C=O) groups is 2. The Balaban J connectivity index is 1.75. The summed E-state index contributed by atoms with van der Waals surface area (Å²) < 4.78 is 0. The van der Waals surface area contributed by atoms with Crippen LogP contribution in [-0.2, 0) is 16.0 Å². The Morgan fingerprint density at radius 3 is 2.85 bits per heavy atom. The zero-order chi connectivity index (χ0) is 18.7. The molecule has 0 saturated heterocycles. The van der Waals surface area contributed by atoms with Gasteiger partial charge in [-0.1, -0.05) is 37.3 Å². The van der Waals surface area contributed by atoms with Crippen LogP contribution in [0.2, 0.25) is 0 Å². The molecule has 1 aromatic heterocycles. The normalized spacial score (nSPS) is 14.5. The second-order valence-electron chi connectivity index (χ2n) is 6.64. The molecule has 0 aliphatic carbocycles. The van der Waals surface area contributed by atoms with E-state index in [0.717, 1.165) is 17.0 Å². The first-order valence-corrected chi connectivity index (χ1v) is 9.35. The monoisotopic (exact) mass is 371 g/mol. The maximum absolute atomic E-state index is 12.5. The lowest BCUT2D eigenvalue weighted by Gasteiger charge is -2.23. The van der Waals surface area contributed by atoms with E-state index in [1.54, 1.807) is 6.07 Å². The first-order valence-electron chi connectivity index (χ1n) is 8.53. The number of amides is 2. The Kier molecular flexibility index (Phi) is 5.41. The molecule has 8 heteroatoms. The first kappa shape index (κ1) is 18.2. The van der Waals surface area contributed by atoms with Crippen LogP contribution < -0.4 is 10.3 Å². The molecule has 136 valence electrons.